The SMILES string of the molecule is C=C(C)COCCC[Si](C)(C)I. The van der Waals surface area contributed by atoms with Crippen LogP contribution in [0, 0.1) is 0 Å². The molecule has 0 fully saturated rings. The predicted molar refractivity (Wildman–Crippen MR) is 66.6 cm³/mol. The van der Waals surface area contributed by atoms with Crippen molar-refractivity contribution < 1.29 is 4.74 Å². The molecule has 0 rings (SSSR count). The third-order valence-electron chi connectivity index (χ3n) is 1.41. The first-order valence-corrected chi connectivity index (χ1v) is 10.6. The highest BCUT2D eigenvalue weighted by atomic mass is 127. The Bertz CT molecular complexity index is 140. The molecular weight excluding hydrogens is 279 g/mol. The number of halogens is 1. The Kier molecular flexibility index (Phi) is 6.49. The molecule has 0 aliphatic rings. The summed E-state index contributed by atoms with van der Waals surface area (Å²) in [5.74, 6) is 0. The normalized spacial score (nSPS) is 11.7. The summed E-state index contributed by atoms with van der Waals surface area (Å²) in [4.78, 5) is 0. The zero-order chi connectivity index (χ0) is 9.61. The van der Waals surface area contributed by atoms with Crippen molar-refractivity contribution in [1.82, 2.24) is 0 Å². The van der Waals surface area contributed by atoms with Crippen molar-refractivity contribution in [3.63, 3.8) is 0 Å². The van der Waals surface area contributed by atoms with Gasteiger partial charge in [-0.15, -0.1) is 21.8 Å². The van der Waals surface area contributed by atoms with Gasteiger partial charge in [0.2, 0.25) is 0 Å². The Morgan fingerprint density at radius 1 is 1.50 bits per heavy atom. The lowest BCUT2D eigenvalue weighted by molar-refractivity contribution is 0.157. The largest absolute Gasteiger partial charge is 0.377 e. The zero-order valence-corrected chi connectivity index (χ0v) is 11.5. The van der Waals surface area contributed by atoms with Crippen molar-refractivity contribution in [3.05, 3.63) is 12.2 Å². The molecule has 0 unspecified atom stereocenters. The van der Waals surface area contributed by atoms with Crippen LogP contribution in [0.5, 0.6) is 0 Å². The minimum Gasteiger partial charge on any atom is -0.377 e. The first kappa shape index (κ1) is 12.6. The summed E-state index contributed by atoms with van der Waals surface area (Å²) in [5, 5.41) is 0. The van der Waals surface area contributed by atoms with E-state index in [0.29, 0.717) is 0 Å². The van der Waals surface area contributed by atoms with Gasteiger partial charge in [-0.1, -0.05) is 25.2 Å². The fourth-order valence-electron chi connectivity index (χ4n) is 0.841. The molecule has 1 nitrogen and oxygen atoms in total. The highest BCUT2D eigenvalue weighted by molar-refractivity contribution is 14.1. The molecule has 72 valence electrons. The van der Waals surface area contributed by atoms with Crippen LogP contribution in [0.1, 0.15) is 13.3 Å². The Morgan fingerprint density at radius 3 is 2.50 bits per heavy atom. The maximum Gasteiger partial charge on any atom is 0.119 e. The Balaban J connectivity index is 3.17. The number of rotatable bonds is 6. The van der Waals surface area contributed by atoms with E-state index in [4.69, 9.17) is 4.74 Å². The fourth-order valence-corrected chi connectivity index (χ4v) is 2.97. The van der Waals surface area contributed by atoms with Crippen LogP contribution in [0.15, 0.2) is 12.2 Å². The minimum absolute atomic E-state index is 0.725. The molecule has 0 N–H and O–H groups in total. The van der Waals surface area contributed by atoms with Crippen LogP contribution in [0.2, 0.25) is 19.1 Å². The van der Waals surface area contributed by atoms with Gasteiger partial charge in [0.1, 0.15) is 5.57 Å². The molecule has 0 saturated heterocycles. The van der Waals surface area contributed by atoms with Crippen LogP contribution in [0.3, 0.4) is 0 Å². The minimum atomic E-state index is -0.867. The second-order valence-electron chi connectivity index (χ2n) is 3.83. The summed E-state index contributed by atoms with van der Waals surface area (Å²) in [7, 11) is 0. The predicted octanol–water partition coefficient (Wildman–Crippen LogP) is 3.61. The first-order valence-electron chi connectivity index (χ1n) is 4.33. The standard InChI is InChI=1S/C9H19IOSi/c1-9(2)8-11-6-5-7-12(3,4)10/h1,5-8H2,2-4H3. The topological polar surface area (TPSA) is 9.23 Å². The second kappa shape index (κ2) is 6.15. The van der Waals surface area contributed by atoms with Crippen molar-refractivity contribution in [2.75, 3.05) is 13.2 Å². The maximum absolute atomic E-state index is 5.41. The van der Waals surface area contributed by atoms with Gasteiger partial charge in [0.05, 0.1) is 6.61 Å². The van der Waals surface area contributed by atoms with Gasteiger partial charge in [0, 0.05) is 6.61 Å². The molecule has 12 heavy (non-hydrogen) atoms. The monoisotopic (exact) mass is 298 g/mol. The summed E-state index contributed by atoms with van der Waals surface area (Å²) in [6.45, 7) is 12.2. The van der Waals surface area contributed by atoms with Gasteiger partial charge in [-0.05, 0) is 19.4 Å². The molecule has 0 radical (unpaired) electrons. The summed E-state index contributed by atoms with van der Waals surface area (Å²) in [6.07, 6.45) is 1.20. The van der Waals surface area contributed by atoms with Crippen molar-refractivity contribution in [1.29, 1.82) is 0 Å². The van der Waals surface area contributed by atoms with Gasteiger partial charge in [0.15, 0.2) is 0 Å². The molecule has 0 spiro atoms. The number of hydrogen-bond donors (Lipinski definition) is 0. The van der Waals surface area contributed by atoms with Crippen LogP contribution in [0.25, 0.3) is 0 Å². The lowest BCUT2D eigenvalue weighted by Crippen LogP contribution is -2.15. The van der Waals surface area contributed by atoms with Crippen LogP contribution in [-0.2, 0) is 4.74 Å². The van der Waals surface area contributed by atoms with Gasteiger partial charge in [-0.3, -0.25) is 0 Å². The molecule has 3 heteroatoms. The summed E-state index contributed by atoms with van der Waals surface area (Å²) in [6, 6.07) is 1.35. The quantitative estimate of drug-likeness (QED) is 0.239. The molecule has 0 aliphatic heterocycles. The van der Waals surface area contributed by atoms with E-state index in [1.54, 1.807) is 0 Å². The van der Waals surface area contributed by atoms with Gasteiger partial charge in [0.25, 0.3) is 0 Å². The van der Waals surface area contributed by atoms with Crippen LogP contribution >= 0.6 is 21.8 Å². The highest BCUT2D eigenvalue weighted by Crippen LogP contribution is 2.19. The molecule has 0 heterocycles. The number of hydrogen-bond acceptors (Lipinski definition) is 1. The average molecular weight is 298 g/mol. The highest BCUT2D eigenvalue weighted by Gasteiger charge is 2.14. The molecule has 0 amide bonds. The van der Waals surface area contributed by atoms with Crippen molar-refractivity contribution in [2.45, 2.75) is 32.5 Å². The lowest BCUT2D eigenvalue weighted by atomic mass is 10.4. The molecule has 0 saturated carbocycles. The lowest BCUT2D eigenvalue weighted by Gasteiger charge is -2.12. The molecule has 0 aliphatic carbocycles. The molecular formula is C9H19IOSi. The van der Waals surface area contributed by atoms with Gasteiger partial charge in [-0.2, -0.15) is 0 Å². The fraction of sp³-hybridized carbons (Fsp3) is 0.778. The van der Waals surface area contributed by atoms with E-state index in [0.717, 1.165) is 18.8 Å². The number of ether oxygens (including phenoxy) is 1. The Morgan fingerprint density at radius 2 is 2.08 bits per heavy atom. The van der Waals surface area contributed by atoms with E-state index in [-0.39, 0.29) is 0 Å². The zero-order valence-electron chi connectivity index (χ0n) is 8.32. The van der Waals surface area contributed by atoms with E-state index in [1.807, 2.05) is 6.92 Å². The average Bonchev–Trinajstić information content (AvgIpc) is 1.83. The molecule has 0 atom stereocenters. The van der Waals surface area contributed by atoms with Gasteiger partial charge < -0.3 is 4.74 Å². The Labute approximate surface area is 89.8 Å². The van der Waals surface area contributed by atoms with Crippen LogP contribution in [0.4, 0.5) is 0 Å². The molecule has 0 aromatic carbocycles. The van der Waals surface area contributed by atoms with Crippen LogP contribution < -0.4 is 0 Å². The summed E-state index contributed by atoms with van der Waals surface area (Å²) >= 11 is 2.61. The van der Waals surface area contributed by atoms with E-state index in [1.165, 1.54) is 12.5 Å². The van der Waals surface area contributed by atoms with Crippen molar-refractivity contribution >= 4 is 27.4 Å². The first-order chi connectivity index (χ1) is 5.42. The molecule has 0 bridgehead atoms. The van der Waals surface area contributed by atoms with E-state index in [2.05, 4.69) is 41.5 Å². The Hall–Kier alpha value is 0.647. The third-order valence-corrected chi connectivity index (χ3v) is 4.57. The summed E-state index contributed by atoms with van der Waals surface area (Å²) < 4.78 is 5.41. The molecule has 0 aromatic heterocycles. The third kappa shape index (κ3) is 10.6. The van der Waals surface area contributed by atoms with E-state index >= 15 is 0 Å². The summed E-state index contributed by atoms with van der Waals surface area (Å²) in [5.41, 5.74) is 0.245. The van der Waals surface area contributed by atoms with Crippen molar-refractivity contribution in [2.24, 2.45) is 0 Å². The smallest absolute Gasteiger partial charge is 0.119 e. The van der Waals surface area contributed by atoms with Gasteiger partial charge >= 0.3 is 0 Å². The van der Waals surface area contributed by atoms with Crippen LogP contribution in [-0.4, -0.2) is 18.8 Å². The van der Waals surface area contributed by atoms with Gasteiger partial charge in [-0.25, -0.2) is 0 Å². The van der Waals surface area contributed by atoms with E-state index in [9.17, 15) is 0 Å². The van der Waals surface area contributed by atoms with E-state index < -0.39 is 5.57 Å². The van der Waals surface area contributed by atoms with Crippen molar-refractivity contribution in [3.8, 4) is 0 Å². The molecule has 0 aromatic rings. The maximum atomic E-state index is 5.41. The second-order valence-corrected chi connectivity index (χ2v) is 16.5.